The fourth-order valence-electron chi connectivity index (χ4n) is 1.08. The van der Waals surface area contributed by atoms with Gasteiger partial charge in [-0.25, -0.2) is 0 Å². The molecular weight excluding hydrogens is 136 g/mol. The summed E-state index contributed by atoms with van der Waals surface area (Å²) in [5, 5.41) is 6.70. The Morgan fingerprint density at radius 3 is 2.73 bits per heavy atom. The lowest BCUT2D eigenvalue weighted by molar-refractivity contribution is 0.370. The largest absolute Gasteiger partial charge is 0.314 e. The fourth-order valence-corrected chi connectivity index (χ4v) is 1.08. The minimum Gasteiger partial charge on any atom is -0.314 e. The van der Waals surface area contributed by atoms with Gasteiger partial charge < -0.3 is 10.6 Å². The second-order valence-corrected chi connectivity index (χ2v) is 3.38. The molecule has 11 heavy (non-hydrogen) atoms. The van der Waals surface area contributed by atoms with Crippen LogP contribution in [0.4, 0.5) is 0 Å². The third-order valence-corrected chi connectivity index (χ3v) is 1.91. The van der Waals surface area contributed by atoms with Gasteiger partial charge in [-0.05, 0) is 26.8 Å². The zero-order valence-corrected chi connectivity index (χ0v) is 7.48. The van der Waals surface area contributed by atoms with Crippen LogP contribution in [0.3, 0.4) is 0 Å². The van der Waals surface area contributed by atoms with Crippen molar-refractivity contribution in [1.29, 1.82) is 0 Å². The van der Waals surface area contributed by atoms with Crippen LogP contribution in [0.2, 0.25) is 0 Å². The summed E-state index contributed by atoms with van der Waals surface area (Å²) in [5.41, 5.74) is 1.42. The quantitative estimate of drug-likeness (QED) is 0.464. The van der Waals surface area contributed by atoms with E-state index in [-0.39, 0.29) is 0 Å². The molecular formula is C9H18N2. The molecule has 1 aliphatic rings. The van der Waals surface area contributed by atoms with Crippen molar-refractivity contribution in [2.45, 2.75) is 26.3 Å². The predicted molar refractivity (Wildman–Crippen MR) is 48.7 cm³/mol. The van der Waals surface area contributed by atoms with E-state index in [0.29, 0.717) is 0 Å². The van der Waals surface area contributed by atoms with E-state index in [0.717, 1.165) is 25.7 Å². The third-order valence-electron chi connectivity index (χ3n) is 1.91. The van der Waals surface area contributed by atoms with Crippen molar-refractivity contribution in [3.63, 3.8) is 0 Å². The van der Waals surface area contributed by atoms with Gasteiger partial charge in [0.15, 0.2) is 0 Å². The van der Waals surface area contributed by atoms with Crippen molar-refractivity contribution in [1.82, 2.24) is 10.6 Å². The highest BCUT2D eigenvalue weighted by molar-refractivity contribution is 4.93. The van der Waals surface area contributed by atoms with Crippen LogP contribution in [0, 0.1) is 0 Å². The third kappa shape index (κ3) is 3.54. The van der Waals surface area contributed by atoms with Gasteiger partial charge in [0.25, 0.3) is 0 Å². The van der Waals surface area contributed by atoms with Crippen LogP contribution in [0.5, 0.6) is 0 Å². The van der Waals surface area contributed by atoms with Gasteiger partial charge in [-0.2, -0.15) is 0 Å². The zero-order valence-electron chi connectivity index (χ0n) is 7.48. The molecule has 1 fully saturated rings. The van der Waals surface area contributed by atoms with Crippen LogP contribution >= 0.6 is 0 Å². The number of allylic oxidation sites excluding steroid dienone is 1. The first-order valence-corrected chi connectivity index (χ1v) is 4.36. The molecule has 0 saturated carbocycles. The Morgan fingerprint density at radius 2 is 2.27 bits per heavy atom. The standard InChI is InChI=1S/C9H18N2/c1-8(2)4-3-5-11-9-6-10-7-9/h4,9-11H,3,5-7H2,1-2H3. The molecule has 1 saturated heterocycles. The average Bonchev–Trinajstić information content (AvgIpc) is 1.82. The van der Waals surface area contributed by atoms with Crippen molar-refractivity contribution >= 4 is 0 Å². The zero-order chi connectivity index (χ0) is 8.10. The normalized spacial score (nSPS) is 17.6. The van der Waals surface area contributed by atoms with Gasteiger partial charge in [0, 0.05) is 19.1 Å². The lowest BCUT2D eigenvalue weighted by Crippen LogP contribution is -2.55. The van der Waals surface area contributed by atoms with Gasteiger partial charge in [-0.3, -0.25) is 0 Å². The second kappa shape index (κ2) is 4.52. The van der Waals surface area contributed by atoms with Crippen LogP contribution in [-0.4, -0.2) is 25.7 Å². The Bertz CT molecular complexity index is 132. The van der Waals surface area contributed by atoms with Crippen LogP contribution in [0.25, 0.3) is 0 Å². The molecule has 0 bridgehead atoms. The number of hydrogen-bond donors (Lipinski definition) is 2. The summed E-state index contributed by atoms with van der Waals surface area (Å²) in [7, 11) is 0. The van der Waals surface area contributed by atoms with Gasteiger partial charge in [-0.1, -0.05) is 11.6 Å². The maximum atomic E-state index is 3.47. The summed E-state index contributed by atoms with van der Waals surface area (Å²) >= 11 is 0. The highest BCUT2D eigenvalue weighted by Gasteiger charge is 2.13. The molecule has 1 heterocycles. The second-order valence-electron chi connectivity index (χ2n) is 3.38. The van der Waals surface area contributed by atoms with E-state index < -0.39 is 0 Å². The van der Waals surface area contributed by atoms with E-state index in [1.54, 1.807) is 0 Å². The van der Waals surface area contributed by atoms with E-state index in [4.69, 9.17) is 0 Å². The van der Waals surface area contributed by atoms with Gasteiger partial charge in [0.2, 0.25) is 0 Å². The van der Waals surface area contributed by atoms with Crippen molar-refractivity contribution in [3.8, 4) is 0 Å². The minimum absolute atomic E-state index is 0.737. The molecule has 0 aromatic heterocycles. The highest BCUT2D eigenvalue weighted by atomic mass is 15.1. The molecule has 2 nitrogen and oxygen atoms in total. The molecule has 1 rings (SSSR count). The minimum atomic E-state index is 0.737. The molecule has 0 spiro atoms. The van der Waals surface area contributed by atoms with E-state index in [1.807, 2.05) is 0 Å². The molecule has 0 aromatic rings. The monoisotopic (exact) mass is 154 g/mol. The average molecular weight is 154 g/mol. The SMILES string of the molecule is CC(C)=CCCNC1CNC1. The Labute approximate surface area is 69.1 Å². The number of rotatable bonds is 4. The molecule has 0 unspecified atom stereocenters. The van der Waals surface area contributed by atoms with Crippen molar-refractivity contribution in [3.05, 3.63) is 11.6 Å². The first-order chi connectivity index (χ1) is 5.29. The summed E-state index contributed by atoms with van der Waals surface area (Å²) in [6.45, 7) is 7.71. The molecule has 0 amide bonds. The first kappa shape index (κ1) is 8.75. The Balaban J connectivity index is 1.91. The van der Waals surface area contributed by atoms with E-state index in [1.165, 1.54) is 12.0 Å². The summed E-state index contributed by atoms with van der Waals surface area (Å²) in [6, 6.07) is 0.737. The van der Waals surface area contributed by atoms with E-state index >= 15 is 0 Å². The summed E-state index contributed by atoms with van der Waals surface area (Å²) in [6.07, 6.45) is 3.44. The van der Waals surface area contributed by atoms with Gasteiger partial charge in [0.1, 0.15) is 0 Å². The van der Waals surface area contributed by atoms with Gasteiger partial charge in [0.05, 0.1) is 0 Å². The molecule has 0 radical (unpaired) electrons. The Kier molecular flexibility index (Phi) is 3.60. The Hall–Kier alpha value is -0.340. The highest BCUT2D eigenvalue weighted by Crippen LogP contribution is 1.94. The maximum absolute atomic E-state index is 3.47. The molecule has 64 valence electrons. The topological polar surface area (TPSA) is 24.1 Å². The van der Waals surface area contributed by atoms with Gasteiger partial charge >= 0.3 is 0 Å². The van der Waals surface area contributed by atoms with Crippen LogP contribution in [-0.2, 0) is 0 Å². The summed E-state index contributed by atoms with van der Waals surface area (Å²) in [5.74, 6) is 0. The molecule has 0 aromatic carbocycles. The Morgan fingerprint density at radius 1 is 1.55 bits per heavy atom. The predicted octanol–water partition coefficient (Wildman–Crippen LogP) is 0.904. The van der Waals surface area contributed by atoms with Crippen molar-refractivity contribution < 1.29 is 0 Å². The van der Waals surface area contributed by atoms with Gasteiger partial charge in [-0.15, -0.1) is 0 Å². The van der Waals surface area contributed by atoms with Crippen LogP contribution in [0.1, 0.15) is 20.3 Å². The van der Waals surface area contributed by atoms with Crippen LogP contribution < -0.4 is 10.6 Å². The lowest BCUT2D eigenvalue weighted by atomic mass is 10.2. The molecule has 0 aliphatic carbocycles. The summed E-state index contributed by atoms with van der Waals surface area (Å²) < 4.78 is 0. The fraction of sp³-hybridized carbons (Fsp3) is 0.778. The maximum Gasteiger partial charge on any atom is 0.0317 e. The molecule has 2 N–H and O–H groups in total. The summed E-state index contributed by atoms with van der Waals surface area (Å²) in [4.78, 5) is 0. The van der Waals surface area contributed by atoms with E-state index in [2.05, 4.69) is 30.6 Å². The van der Waals surface area contributed by atoms with Crippen molar-refractivity contribution in [2.75, 3.05) is 19.6 Å². The molecule has 1 aliphatic heterocycles. The first-order valence-electron chi connectivity index (χ1n) is 4.36. The van der Waals surface area contributed by atoms with Crippen LogP contribution in [0.15, 0.2) is 11.6 Å². The molecule has 2 heteroatoms. The van der Waals surface area contributed by atoms with Crippen molar-refractivity contribution in [2.24, 2.45) is 0 Å². The number of nitrogens with one attached hydrogen (secondary N) is 2. The lowest BCUT2D eigenvalue weighted by Gasteiger charge is -2.27. The smallest absolute Gasteiger partial charge is 0.0317 e. The molecule has 0 atom stereocenters. The number of hydrogen-bond acceptors (Lipinski definition) is 2. The van der Waals surface area contributed by atoms with E-state index in [9.17, 15) is 0 Å².